The highest BCUT2D eigenvalue weighted by Gasteiger charge is 2.50. The van der Waals surface area contributed by atoms with Crippen LogP contribution in [-0.4, -0.2) is 39.8 Å². The van der Waals surface area contributed by atoms with Crippen LogP contribution in [0.2, 0.25) is 10.0 Å². The first-order valence-electron chi connectivity index (χ1n) is 13.8. The maximum Gasteiger partial charge on any atom is 0.271 e. The summed E-state index contributed by atoms with van der Waals surface area (Å²) in [5.74, 6) is 1.54. The van der Waals surface area contributed by atoms with Gasteiger partial charge in [-0.05, 0) is 58.3 Å². The number of amides is 1. The van der Waals surface area contributed by atoms with E-state index in [9.17, 15) is 4.79 Å². The molecule has 3 aromatic rings. The van der Waals surface area contributed by atoms with E-state index < -0.39 is 5.91 Å². The number of nitrogens with zero attached hydrogens (tertiary/aromatic N) is 3. The minimum absolute atomic E-state index is 0.0822. The Labute approximate surface area is 242 Å². The Morgan fingerprint density at radius 3 is 2.40 bits per heavy atom. The number of aromatic nitrogens is 3. The largest absolute Gasteiger partial charge is 0.491 e. The summed E-state index contributed by atoms with van der Waals surface area (Å²) in [6.07, 6.45) is 12.7. The zero-order chi connectivity index (χ0) is 27.9. The fourth-order valence-corrected chi connectivity index (χ4v) is 6.59. The molecule has 3 aromatic heterocycles. The molecule has 4 aliphatic rings. The van der Waals surface area contributed by atoms with Crippen LogP contribution < -0.4 is 15.2 Å². The van der Waals surface area contributed by atoms with Crippen molar-refractivity contribution in [1.82, 2.24) is 15.1 Å². The molecule has 4 aliphatic carbocycles. The number of primary amides is 1. The molecule has 2 bridgehead atoms. The monoisotopic (exact) mass is 586 g/mol. The van der Waals surface area contributed by atoms with Gasteiger partial charge < -0.3 is 24.5 Å². The van der Waals surface area contributed by atoms with Gasteiger partial charge in [0.1, 0.15) is 17.2 Å². The Hall–Kier alpha value is -2.88. The molecule has 4 fully saturated rings. The van der Waals surface area contributed by atoms with E-state index in [1.54, 1.807) is 18.5 Å². The quantitative estimate of drug-likeness (QED) is 0.270. The SMILES string of the molecule is CCOc1cc(OCC23CCC(OCc4c(-c5c(Cl)cncc5Cl)noc4C4CC4)(CC2)CC3)cnc1C(N)=O. The lowest BCUT2D eigenvalue weighted by molar-refractivity contribution is -0.150. The van der Waals surface area contributed by atoms with Crippen molar-refractivity contribution in [2.75, 3.05) is 13.2 Å². The highest BCUT2D eigenvalue weighted by molar-refractivity contribution is 6.38. The first-order chi connectivity index (χ1) is 19.3. The summed E-state index contributed by atoms with van der Waals surface area (Å²) >= 11 is 12.9. The molecule has 9 nitrogen and oxygen atoms in total. The Morgan fingerprint density at radius 1 is 1.07 bits per heavy atom. The number of ether oxygens (including phenoxy) is 3. The molecular weight excluding hydrogens is 555 g/mol. The number of hydrogen-bond acceptors (Lipinski definition) is 8. The number of fused-ring (bicyclic) bond motifs is 3. The van der Waals surface area contributed by atoms with Crippen molar-refractivity contribution in [2.45, 2.75) is 76.4 Å². The fraction of sp³-hybridized carbons (Fsp3) is 0.517. The Morgan fingerprint density at radius 2 is 1.77 bits per heavy atom. The van der Waals surface area contributed by atoms with Crippen molar-refractivity contribution in [3.05, 3.63) is 51.7 Å². The molecule has 0 aromatic carbocycles. The van der Waals surface area contributed by atoms with E-state index in [0.717, 1.165) is 62.7 Å². The van der Waals surface area contributed by atoms with Crippen molar-refractivity contribution in [2.24, 2.45) is 11.1 Å². The summed E-state index contributed by atoms with van der Waals surface area (Å²) in [5.41, 5.74) is 7.65. The van der Waals surface area contributed by atoms with Crippen LogP contribution in [0.4, 0.5) is 0 Å². The smallest absolute Gasteiger partial charge is 0.271 e. The Balaban J connectivity index is 1.12. The Bertz CT molecular complexity index is 1380. The van der Waals surface area contributed by atoms with E-state index in [4.69, 9.17) is 47.7 Å². The third-order valence-corrected chi connectivity index (χ3v) is 9.19. The fourth-order valence-electron chi connectivity index (χ4n) is 6.04. The second-order valence-electron chi connectivity index (χ2n) is 11.2. The highest BCUT2D eigenvalue weighted by atomic mass is 35.5. The molecule has 0 unspecified atom stereocenters. The summed E-state index contributed by atoms with van der Waals surface area (Å²) in [6, 6.07) is 1.70. The molecule has 0 atom stereocenters. The lowest BCUT2D eigenvalue weighted by Crippen LogP contribution is -2.49. The van der Waals surface area contributed by atoms with Crippen LogP contribution in [0, 0.1) is 5.41 Å². The van der Waals surface area contributed by atoms with Crippen molar-refractivity contribution < 1.29 is 23.5 Å². The minimum Gasteiger partial charge on any atom is -0.491 e. The minimum atomic E-state index is -0.626. The third kappa shape index (κ3) is 5.27. The summed E-state index contributed by atoms with van der Waals surface area (Å²) in [7, 11) is 0. The van der Waals surface area contributed by atoms with Gasteiger partial charge in [-0.25, -0.2) is 4.98 Å². The zero-order valence-corrected chi connectivity index (χ0v) is 23.9. The van der Waals surface area contributed by atoms with Crippen LogP contribution in [0.5, 0.6) is 11.5 Å². The first-order valence-corrected chi connectivity index (χ1v) is 14.5. The summed E-state index contributed by atoms with van der Waals surface area (Å²) in [5, 5.41) is 5.26. The van der Waals surface area contributed by atoms with Crippen molar-refractivity contribution >= 4 is 29.1 Å². The molecule has 0 aliphatic heterocycles. The predicted molar refractivity (Wildman–Crippen MR) is 149 cm³/mol. The summed E-state index contributed by atoms with van der Waals surface area (Å²) in [4.78, 5) is 19.9. The maximum atomic E-state index is 11.7. The van der Waals surface area contributed by atoms with Crippen molar-refractivity contribution in [3.63, 3.8) is 0 Å². The summed E-state index contributed by atoms with van der Waals surface area (Å²) in [6.45, 7) is 3.22. The normalized spacial score (nSPS) is 23.8. The van der Waals surface area contributed by atoms with Gasteiger partial charge in [0.15, 0.2) is 11.4 Å². The van der Waals surface area contributed by atoms with Crippen LogP contribution in [0.15, 0.2) is 29.2 Å². The second-order valence-corrected chi connectivity index (χ2v) is 12.0. The molecule has 0 radical (unpaired) electrons. The van der Waals surface area contributed by atoms with E-state index >= 15 is 0 Å². The topological polar surface area (TPSA) is 123 Å². The lowest BCUT2D eigenvalue weighted by atomic mass is 9.59. The lowest BCUT2D eigenvalue weighted by Gasteiger charge is -2.52. The standard InChI is InChI=1S/C29H32Cl2N4O5/c1-2-37-22-11-18(12-34-25(22)27(32)36)38-16-28-5-8-29(9-6-28,10-7-28)39-15-19-24(35-40-26(19)17-3-4-17)23-20(30)13-33-14-21(23)31/h11-14,17H,2-10,15-16H2,1H3,(H2,32,36). The van der Waals surface area contributed by atoms with Crippen molar-refractivity contribution in [1.29, 1.82) is 0 Å². The van der Waals surface area contributed by atoms with Gasteiger partial charge in [-0.2, -0.15) is 0 Å². The van der Waals surface area contributed by atoms with E-state index in [0.29, 0.717) is 58.5 Å². The predicted octanol–water partition coefficient (Wildman–Crippen LogP) is 6.50. The van der Waals surface area contributed by atoms with Crippen LogP contribution >= 0.6 is 23.2 Å². The van der Waals surface area contributed by atoms with Gasteiger partial charge in [-0.1, -0.05) is 28.4 Å². The zero-order valence-electron chi connectivity index (χ0n) is 22.4. The number of pyridine rings is 2. The molecule has 4 saturated carbocycles. The van der Waals surface area contributed by atoms with Crippen LogP contribution in [0.1, 0.15) is 86.0 Å². The van der Waals surface area contributed by atoms with Gasteiger partial charge in [-0.3, -0.25) is 9.78 Å². The molecule has 1 amide bonds. The van der Waals surface area contributed by atoms with Gasteiger partial charge in [0.05, 0.1) is 41.7 Å². The maximum absolute atomic E-state index is 11.7. The average Bonchev–Trinajstić information content (AvgIpc) is 3.72. The number of rotatable bonds is 11. The summed E-state index contributed by atoms with van der Waals surface area (Å²) < 4.78 is 24.3. The van der Waals surface area contributed by atoms with E-state index in [2.05, 4.69) is 15.1 Å². The number of carbonyl (C=O) groups excluding carboxylic acids is 1. The molecule has 7 rings (SSSR count). The van der Waals surface area contributed by atoms with Crippen LogP contribution in [0.25, 0.3) is 11.3 Å². The van der Waals surface area contributed by atoms with E-state index in [1.165, 1.54) is 6.20 Å². The average molecular weight is 588 g/mol. The molecule has 11 heteroatoms. The molecule has 0 saturated heterocycles. The number of nitrogens with two attached hydrogens (primary N) is 1. The Kier molecular flexibility index (Phi) is 7.39. The van der Waals surface area contributed by atoms with Gasteiger partial charge in [0, 0.05) is 40.9 Å². The van der Waals surface area contributed by atoms with Gasteiger partial charge in [0.25, 0.3) is 5.91 Å². The molecule has 3 heterocycles. The molecule has 40 heavy (non-hydrogen) atoms. The molecule has 0 spiro atoms. The second kappa shape index (κ2) is 10.8. The van der Waals surface area contributed by atoms with E-state index in [-0.39, 0.29) is 16.7 Å². The number of hydrogen-bond donors (Lipinski definition) is 1. The van der Waals surface area contributed by atoms with Gasteiger partial charge >= 0.3 is 0 Å². The third-order valence-electron chi connectivity index (χ3n) is 8.62. The molecule has 212 valence electrons. The van der Waals surface area contributed by atoms with Gasteiger partial charge in [0.2, 0.25) is 0 Å². The van der Waals surface area contributed by atoms with Crippen molar-refractivity contribution in [3.8, 4) is 22.8 Å². The van der Waals surface area contributed by atoms with Gasteiger partial charge in [-0.15, -0.1) is 0 Å². The number of carbonyl (C=O) groups is 1. The molecular formula is C29H32Cl2N4O5. The first kappa shape index (κ1) is 27.3. The van der Waals surface area contributed by atoms with Crippen LogP contribution in [-0.2, 0) is 11.3 Å². The number of halogens is 2. The van der Waals surface area contributed by atoms with Crippen LogP contribution in [0.3, 0.4) is 0 Å². The highest BCUT2D eigenvalue weighted by Crippen LogP contribution is 2.55. The molecule has 2 N–H and O–H groups in total. The van der Waals surface area contributed by atoms with E-state index in [1.807, 2.05) is 6.92 Å².